The molecule has 0 atom stereocenters. The van der Waals surface area contributed by atoms with E-state index in [2.05, 4.69) is 11.0 Å². The molecule has 2 amide bonds. The van der Waals surface area contributed by atoms with Crippen LogP contribution in [0.3, 0.4) is 0 Å². The zero-order valence-electron chi connectivity index (χ0n) is 12.6. The second-order valence-electron chi connectivity index (χ2n) is 4.88. The third-order valence-electron chi connectivity index (χ3n) is 2.78. The zero-order chi connectivity index (χ0) is 16.1. The van der Waals surface area contributed by atoms with Gasteiger partial charge in [-0.1, -0.05) is 6.07 Å². The van der Waals surface area contributed by atoms with Crippen LogP contribution in [-0.4, -0.2) is 24.4 Å². The average Bonchev–Trinajstić information content (AvgIpc) is 2.78. The van der Waals surface area contributed by atoms with E-state index in [4.69, 9.17) is 9.47 Å². The molecule has 1 aromatic carbocycles. The number of rotatable bonds is 5. The summed E-state index contributed by atoms with van der Waals surface area (Å²) in [5, 5.41) is 1.83. The van der Waals surface area contributed by atoms with Gasteiger partial charge in [0.25, 0.3) is 11.1 Å². The minimum atomic E-state index is -0.399. The van der Waals surface area contributed by atoms with Gasteiger partial charge in [-0.25, -0.2) is 0 Å². The molecule has 22 heavy (non-hydrogen) atoms. The number of methoxy groups -OCH3 is 1. The van der Waals surface area contributed by atoms with E-state index in [1.54, 1.807) is 13.2 Å². The fourth-order valence-electron chi connectivity index (χ4n) is 1.86. The maximum absolute atomic E-state index is 11.4. The molecule has 0 saturated carbocycles. The fourth-order valence-corrected chi connectivity index (χ4v) is 2.48. The molecule has 1 aliphatic heterocycles. The van der Waals surface area contributed by atoms with E-state index in [-0.39, 0.29) is 16.2 Å². The Kier molecular flexibility index (Phi) is 5.31. The molecular formula is C16H17NO4S. The number of carbonyl (C=O) groups excluding carboxylic acids is 2. The van der Waals surface area contributed by atoms with E-state index < -0.39 is 5.91 Å². The number of nitrogens with one attached hydrogen (secondary N) is 1. The highest BCUT2D eigenvalue weighted by Crippen LogP contribution is 2.29. The molecule has 1 saturated heterocycles. The molecule has 0 aliphatic carbocycles. The van der Waals surface area contributed by atoms with Crippen LogP contribution in [0.15, 0.2) is 34.9 Å². The smallest absolute Gasteiger partial charge is 0.291 e. The van der Waals surface area contributed by atoms with Crippen LogP contribution >= 0.6 is 11.8 Å². The van der Waals surface area contributed by atoms with Crippen molar-refractivity contribution in [1.82, 2.24) is 5.32 Å². The van der Waals surface area contributed by atoms with Crippen molar-refractivity contribution in [3.8, 4) is 11.5 Å². The van der Waals surface area contributed by atoms with E-state index in [9.17, 15) is 9.59 Å². The second kappa shape index (κ2) is 7.20. The molecule has 116 valence electrons. The summed E-state index contributed by atoms with van der Waals surface area (Å²) in [7, 11) is 1.59. The monoisotopic (exact) mass is 319 g/mol. The third-order valence-corrected chi connectivity index (χ3v) is 3.57. The van der Waals surface area contributed by atoms with Crippen LogP contribution in [0.5, 0.6) is 11.5 Å². The Morgan fingerprint density at radius 2 is 2.09 bits per heavy atom. The number of carbonyl (C=O) groups is 2. The van der Waals surface area contributed by atoms with E-state index in [0.717, 1.165) is 17.3 Å². The van der Waals surface area contributed by atoms with Crippen molar-refractivity contribution in [1.29, 1.82) is 0 Å². The van der Waals surface area contributed by atoms with Gasteiger partial charge in [0.2, 0.25) is 0 Å². The standard InChI is InChI=1S/C16H17NO4S/c1-10(2)21-12-8-7-11(9-13(12)20-3)5-4-6-14-15(18)17-16(19)22-14/h4,7-10H,5H2,1-3H3,(H,17,18,19). The first-order chi connectivity index (χ1) is 10.5. The summed E-state index contributed by atoms with van der Waals surface area (Å²) in [4.78, 5) is 22.7. The molecule has 5 nitrogen and oxygen atoms in total. The van der Waals surface area contributed by atoms with E-state index in [1.807, 2.05) is 32.0 Å². The molecule has 0 unspecified atom stereocenters. The Hall–Kier alpha value is -2.17. The number of hydrogen-bond acceptors (Lipinski definition) is 5. The second-order valence-corrected chi connectivity index (χ2v) is 5.86. The van der Waals surface area contributed by atoms with Gasteiger partial charge >= 0.3 is 0 Å². The Morgan fingerprint density at radius 3 is 2.68 bits per heavy atom. The molecule has 0 spiro atoms. The first kappa shape index (κ1) is 16.2. The summed E-state index contributed by atoms with van der Waals surface area (Å²) in [5.41, 5.74) is 3.84. The number of ether oxygens (including phenoxy) is 2. The number of benzene rings is 1. The minimum absolute atomic E-state index is 0.0693. The van der Waals surface area contributed by atoms with Gasteiger partial charge in [0.15, 0.2) is 11.5 Å². The summed E-state index contributed by atoms with van der Waals surface area (Å²) >= 11 is 0.856. The Morgan fingerprint density at radius 1 is 1.32 bits per heavy atom. The van der Waals surface area contributed by atoms with Crippen LogP contribution in [0.4, 0.5) is 4.79 Å². The molecule has 0 bridgehead atoms. The van der Waals surface area contributed by atoms with E-state index in [1.165, 1.54) is 0 Å². The van der Waals surface area contributed by atoms with Crippen molar-refractivity contribution in [2.75, 3.05) is 7.11 Å². The summed E-state index contributed by atoms with van der Waals surface area (Å²) in [6, 6.07) is 5.67. The Bertz CT molecular complexity index is 660. The quantitative estimate of drug-likeness (QED) is 0.667. The summed E-state index contributed by atoms with van der Waals surface area (Å²) in [6.45, 7) is 3.90. The molecule has 0 radical (unpaired) electrons. The van der Waals surface area contributed by atoms with Crippen LogP contribution in [0.2, 0.25) is 0 Å². The van der Waals surface area contributed by atoms with E-state index in [0.29, 0.717) is 17.9 Å². The fraction of sp³-hybridized carbons (Fsp3) is 0.312. The number of amides is 2. The van der Waals surface area contributed by atoms with Crippen LogP contribution in [0.1, 0.15) is 19.4 Å². The van der Waals surface area contributed by atoms with Crippen molar-refractivity contribution in [2.24, 2.45) is 0 Å². The molecule has 6 heteroatoms. The highest BCUT2D eigenvalue weighted by atomic mass is 32.2. The first-order valence-corrected chi connectivity index (χ1v) is 7.63. The Labute approximate surface area is 133 Å². The molecule has 2 rings (SSSR count). The van der Waals surface area contributed by atoms with Crippen molar-refractivity contribution >= 4 is 22.9 Å². The average molecular weight is 319 g/mol. The Balaban J connectivity index is 2.12. The predicted molar refractivity (Wildman–Crippen MR) is 85.2 cm³/mol. The largest absolute Gasteiger partial charge is 0.493 e. The number of imide groups is 1. The lowest BCUT2D eigenvalue weighted by atomic mass is 10.1. The maximum Gasteiger partial charge on any atom is 0.291 e. The van der Waals surface area contributed by atoms with Gasteiger partial charge in [-0.05, 0) is 55.8 Å². The number of hydrogen-bond donors (Lipinski definition) is 1. The SMILES string of the molecule is COc1cc(CC=C=C2SC(=O)NC2=O)ccc1OC(C)C. The molecule has 1 fully saturated rings. The number of thioether (sulfide) groups is 1. The third kappa shape index (κ3) is 4.16. The van der Waals surface area contributed by atoms with E-state index >= 15 is 0 Å². The lowest BCUT2D eigenvalue weighted by Crippen LogP contribution is -2.17. The predicted octanol–water partition coefficient (Wildman–Crippen LogP) is 3.05. The normalized spacial score (nSPS) is 13.9. The van der Waals surface area contributed by atoms with Gasteiger partial charge in [-0.3, -0.25) is 14.9 Å². The highest BCUT2D eigenvalue weighted by molar-refractivity contribution is 8.18. The van der Waals surface area contributed by atoms with Gasteiger partial charge in [0.1, 0.15) is 4.91 Å². The lowest BCUT2D eigenvalue weighted by Gasteiger charge is -2.14. The van der Waals surface area contributed by atoms with Crippen LogP contribution in [-0.2, 0) is 11.2 Å². The maximum atomic E-state index is 11.4. The summed E-state index contributed by atoms with van der Waals surface area (Å²) in [6.07, 6.45) is 2.36. The molecule has 1 aromatic rings. The minimum Gasteiger partial charge on any atom is -0.493 e. The molecule has 1 aliphatic rings. The topological polar surface area (TPSA) is 64.6 Å². The first-order valence-electron chi connectivity index (χ1n) is 6.81. The lowest BCUT2D eigenvalue weighted by molar-refractivity contribution is -0.115. The van der Waals surface area contributed by atoms with Gasteiger partial charge in [-0.15, -0.1) is 5.73 Å². The van der Waals surface area contributed by atoms with Crippen LogP contribution < -0.4 is 14.8 Å². The summed E-state index contributed by atoms with van der Waals surface area (Å²) < 4.78 is 11.0. The van der Waals surface area contributed by atoms with Crippen molar-refractivity contribution in [2.45, 2.75) is 26.4 Å². The van der Waals surface area contributed by atoms with Gasteiger partial charge in [-0.2, -0.15) is 0 Å². The van der Waals surface area contributed by atoms with Crippen LogP contribution in [0, 0.1) is 0 Å². The molecule has 1 heterocycles. The summed E-state index contributed by atoms with van der Waals surface area (Å²) in [5.74, 6) is 0.958. The van der Waals surface area contributed by atoms with Gasteiger partial charge in [0.05, 0.1) is 13.2 Å². The van der Waals surface area contributed by atoms with Crippen molar-refractivity contribution < 1.29 is 19.1 Å². The zero-order valence-corrected chi connectivity index (χ0v) is 13.5. The molecule has 0 aromatic heterocycles. The molecule has 1 N–H and O–H groups in total. The molecular weight excluding hydrogens is 302 g/mol. The van der Waals surface area contributed by atoms with Crippen LogP contribution in [0.25, 0.3) is 0 Å². The van der Waals surface area contributed by atoms with Crippen molar-refractivity contribution in [3.63, 3.8) is 0 Å². The van der Waals surface area contributed by atoms with Crippen molar-refractivity contribution in [3.05, 3.63) is 40.5 Å². The van der Waals surface area contributed by atoms with Gasteiger partial charge in [0, 0.05) is 0 Å². The highest BCUT2D eigenvalue weighted by Gasteiger charge is 2.24. The van der Waals surface area contributed by atoms with Gasteiger partial charge < -0.3 is 9.47 Å².